The van der Waals surface area contributed by atoms with E-state index >= 15 is 0 Å². The maximum absolute atomic E-state index is 11.9. The van der Waals surface area contributed by atoms with E-state index in [2.05, 4.69) is 20.6 Å². The number of amides is 1. The number of nitrogens with two attached hydrogens (primary N) is 1. The molecule has 1 aliphatic heterocycles. The van der Waals surface area contributed by atoms with Crippen molar-refractivity contribution in [3.8, 4) is 0 Å². The van der Waals surface area contributed by atoms with Crippen molar-refractivity contribution in [2.24, 2.45) is 10.7 Å². The average molecular weight is 398 g/mol. The molecule has 29 heavy (non-hydrogen) atoms. The van der Waals surface area contributed by atoms with E-state index in [0.717, 1.165) is 0 Å². The van der Waals surface area contributed by atoms with Gasteiger partial charge in [0.05, 0.1) is 17.1 Å². The standard InChI is InChI=1S/C19H22N6O4/c1-4-29-18(26)23-15-14(10-22-19(15,2)3)16(20)24-17-13-6-5-12(25(27)28)9-11(13)7-8-21-17/h5-9,22H,4,10H2,1-3H3,(H,23,26)(H2,20,21,24). The zero-order valence-electron chi connectivity index (χ0n) is 16.4. The first-order valence-corrected chi connectivity index (χ1v) is 9.03. The van der Waals surface area contributed by atoms with Crippen LogP contribution in [0.4, 0.5) is 16.3 Å². The quantitative estimate of drug-likeness (QED) is 0.304. The minimum atomic E-state index is -0.569. The number of hydrogen-bond acceptors (Lipinski definition) is 7. The molecule has 0 unspecified atom stereocenters. The number of nitrogens with one attached hydrogen (secondary N) is 2. The SMILES string of the molecule is CCOC(=O)NC1=C(C(N)=Nc2nccc3cc([N+](=O)[O-])ccc23)CNC1(C)C. The molecule has 10 nitrogen and oxygen atoms in total. The fourth-order valence-electron chi connectivity index (χ4n) is 3.12. The lowest BCUT2D eigenvalue weighted by atomic mass is 10.0. The Morgan fingerprint density at radius 2 is 2.21 bits per heavy atom. The van der Waals surface area contributed by atoms with Gasteiger partial charge in [-0.15, -0.1) is 0 Å². The first kappa shape index (κ1) is 20.2. The van der Waals surface area contributed by atoms with Crippen LogP contribution in [0.1, 0.15) is 20.8 Å². The van der Waals surface area contributed by atoms with Crippen LogP contribution in [-0.4, -0.2) is 40.5 Å². The largest absolute Gasteiger partial charge is 0.450 e. The van der Waals surface area contributed by atoms with Gasteiger partial charge in [-0.25, -0.2) is 14.8 Å². The number of amidine groups is 1. The summed E-state index contributed by atoms with van der Waals surface area (Å²) in [6, 6.07) is 6.12. The van der Waals surface area contributed by atoms with Gasteiger partial charge in [0.2, 0.25) is 0 Å². The van der Waals surface area contributed by atoms with Crippen molar-refractivity contribution in [2.75, 3.05) is 13.2 Å². The summed E-state index contributed by atoms with van der Waals surface area (Å²) < 4.78 is 4.97. The number of ether oxygens (including phenoxy) is 1. The molecule has 0 atom stereocenters. The fraction of sp³-hybridized carbons (Fsp3) is 0.316. The van der Waals surface area contributed by atoms with Gasteiger partial charge < -0.3 is 15.8 Å². The number of pyridine rings is 1. The molecular formula is C19H22N6O4. The van der Waals surface area contributed by atoms with Crippen LogP contribution in [0.25, 0.3) is 10.8 Å². The van der Waals surface area contributed by atoms with E-state index < -0.39 is 16.6 Å². The lowest BCUT2D eigenvalue weighted by Gasteiger charge is -2.23. The Morgan fingerprint density at radius 3 is 2.90 bits per heavy atom. The molecule has 2 aromatic rings. The Balaban J connectivity index is 2.03. The number of alkyl carbamates (subject to hydrolysis) is 1. The summed E-state index contributed by atoms with van der Waals surface area (Å²) in [7, 11) is 0. The number of carbonyl (C=O) groups is 1. The molecule has 2 heterocycles. The molecular weight excluding hydrogens is 376 g/mol. The van der Waals surface area contributed by atoms with E-state index in [1.165, 1.54) is 18.3 Å². The number of carbonyl (C=O) groups excluding carboxylic acids is 1. The molecule has 0 spiro atoms. The molecule has 0 fully saturated rings. The van der Waals surface area contributed by atoms with Gasteiger partial charge in [-0.3, -0.25) is 15.4 Å². The monoisotopic (exact) mass is 398 g/mol. The average Bonchev–Trinajstić information content (AvgIpc) is 2.96. The Hall–Kier alpha value is -3.53. The van der Waals surface area contributed by atoms with Gasteiger partial charge in [-0.2, -0.15) is 0 Å². The molecule has 1 amide bonds. The van der Waals surface area contributed by atoms with Crippen LogP contribution >= 0.6 is 0 Å². The summed E-state index contributed by atoms with van der Waals surface area (Å²) in [5, 5.41) is 18.3. The molecule has 0 radical (unpaired) electrons. The maximum atomic E-state index is 11.9. The first-order valence-electron chi connectivity index (χ1n) is 9.03. The van der Waals surface area contributed by atoms with Crippen LogP contribution in [0.3, 0.4) is 0 Å². The van der Waals surface area contributed by atoms with Crippen molar-refractivity contribution < 1.29 is 14.5 Å². The summed E-state index contributed by atoms with van der Waals surface area (Å²) in [6.07, 6.45) is 0.946. The minimum absolute atomic E-state index is 0.0167. The summed E-state index contributed by atoms with van der Waals surface area (Å²) in [5.41, 5.74) is 6.91. The summed E-state index contributed by atoms with van der Waals surface area (Å²) >= 11 is 0. The van der Waals surface area contributed by atoms with Crippen LogP contribution in [0.5, 0.6) is 0 Å². The van der Waals surface area contributed by atoms with E-state index in [1.54, 1.807) is 19.1 Å². The Kier molecular flexibility index (Phi) is 5.46. The zero-order valence-corrected chi connectivity index (χ0v) is 16.4. The van der Waals surface area contributed by atoms with Gasteiger partial charge in [-0.1, -0.05) is 0 Å². The van der Waals surface area contributed by atoms with Crippen molar-refractivity contribution in [2.45, 2.75) is 26.3 Å². The predicted molar refractivity (Wildman–Crippen MR) is 109 cm³/mol. The highest BCUT2D eigenvalue weighted by Crippen LogP contribution is 2.29. The fourth-order valence-corrected chi connectivity index (χ4v) is 3.12. The Bertz CT molecular complexity index is 1040. The molecule has 4 N–H and O–H groups in total. The Morgan fingerprint density at radius 1 is 1.45 bits per heavy atom. The van der Waals surface area contributed by atoms with Crippen LogP contribution in [0.15, 0.2) is 46.7 Å². The van der Waals surface area contributed by atoms with Crippen molar-refractivity contribution in [1.82, 2.24) is 15.6 Å². The third-order valence-corrected chi connectivity index (χ3v) is 4.61. The van der Waals surface area contributed by atoms with Gasteiger partial charge in [0.1, 0.15) is 5.84 Å². The topological polar surface area (TPSA) is 145 Å². The Labute approximate surface area is 167 Å². The van der Waals surface area contributed by atoms with Crippen molar-refractivity contribution in [3.05, 3.63) is 51.8 Å². The highest BCUT2D eigenvalue weighted by atomic mass is 16.6. The number of aliphatic imine (C=N–C) groups is 1. The molecule has 1 aromatic heterocycles. The van der Waals surface area contributed by atoms with E-state index in [4.69, 9.17) is 10.5 Å². The number of nitro benzene ring substituents is 1. The van der Waals surface area contributed by atoms with Gasteiger partial charge >= 0.3 is 6.09 Å². The lowest BCUT2D eigenvalue weighted by molar-refractivity contribution is -0.384. The molecule has 0 saturated carbocycles. The molecule has 1 aromatic carbocycles. The molecule has 10 heteroatoms. The van der Waals surface area contributed by atoms with E-state index in [0.29, 0.717) is 34.4 Å². The smallest absolute Gasteiger partial charge is 0.411 e. The normalized spacial score (nSPS) is 16.2. The molecule has 0 saturated heterocycles. The molecule has 0 aliphatic carbocycles. The number of hydrogen-bond donors (Lipinski definition) is 3. The molecule has 3 rings (SSSR count). The minimum Gasteiger partial charge on any atom is -0.450 e. The number of nitro groups is 1. The van der Waals surface area contributed by atoms with E-state index in [1.807, 2.05) is 13.8 Å². The first-order chi connectivity index (χ1) is 13.7. The number of fused-ring (bicyclic) bond motifs is 1. The third-order valence-electron chi connectivity index (χ3n) is 4.61. The second-order valence-corrected chi connectivity index (χ2v) is 6.97. The summed E-state index contributed by atoms with van der Waals surface area (Å²) in [6.45, 7) is 6.19. The highest BCUT2D eigenvalue weighted by molar-refractivity contribution is 6.03. The van der Waals surface area contributed by atoms with Gasteiger partial charge in [0.15, 0.2) is 5.82 Å². The number of nitrogens with zero attached hydrogens (tertiary/aromatic N) is 3. The van der Waals surface area contributed by atoms with Crippen LogP contribution in [0.2, 0.25) is 0 Å². The van der Waals surface area contributed by atoms with Gasteiger partial charge in [0.25, 0.3) is 5.69 Å². The van der Waals surface area contributed by atoms with Crippen molar-refractivity contribution >= 4 is 34.2 Å². The number of non-ortho nitro benzene ring substituents is 1. The van der Waals surface area contributed by atoms with Crippen molar-refractivity contribution in [1.29, 1.82) is 0 Å². The lowest BCUT2D eigenvalue weighted by Crippen LogP contribution is -2.42. The van der Waals surface area contributed by atoms with Crippen LogP contribution in [-0.2, 0) is 4.74 Å². The maximum Gasteiger partial charge on any atom is 0.411 e. The highest BCUT2D eigenvalue weighted by Gasteiger charge is 2.35. The van der Waals surface area contributed by atoms with E-state index in [9.17, 15) is 14.9 Å². The number of benzene rings is 1. The summed E-state index contributed by atoms with van der Waals surface area (Å²) in [5.74, 6) is 0.524. The third kappa shape index (κ3) is 4.16. The van der Waals surface area contributed by atoms with Gasteiger partial charge in [-0.05, 0) is 38.3 Å². The number of rotatable bonds is 5. The van der Waals surface area contributed by atoms with Gasteiger partial charge in [0, 0.05) is 41.5 Å². The molecule has 152 valence electrons. The van der Waals surface area contributed by atoms with E-state index in [-0.39, 0.29) is 18.1 Å². The number of aromatic nitrogens is 1. The second-order valence-electron chi connectivity index (χ2n) is 6.97. The predicted octanol–water partition coefficient (Wildman–Crippen LogP) is 2.51. The molecule has 1 aliphatic rings. The van der Waals surface area contributed by atoms with Crippen LogP contribution < -0.4 is 16.4 Å². The van der Waals surface area contributed by atoms with Crippen molar-refractivity contribution in [3.63, 3.8) is 0 Å². The zero-order chi connectivity index (χ0) is 21.2. The molecule has 0 bridgehead atoms. The van der Waals surface area contributed by atoms with Crippen LogP contribution in [0, 0.1) is 10.1 Å². The summed E-state index contributed by atoms with van der Waals surface area (Å²) in [4.78, 5) is 31.2. The second kappa shape index (κ2) is 7.84.